The van der Waals surface area contributed by atoms with Gasteiger partial charge in [0.25, 0.3) is 0 Å². The summed E-state index contributed by atoms with van der Waals surface area (Å²) in [7, 11) is 0.988. The first-order chi connectivity index (χ1) is 9.83. The van der Waals surface area contributed by atoms with Crippen molar-refractivity contribution in [3.63, 3.8) is 0 Å². The Labute approximate surface area is 127 Å². The third-order valence-corrected chi connectivity index (χ3v) is 5.92. The van der Waals surface area contributed by atoms with Crippen molar-refractivity contribution in [2.24, 2.45) is 5.92 Å². The highest BCUT2D eigenvalue weighted by Crippen LogP contribution is 2.37. The van der Waals surface area contributed by atoms with Crippen LogP contribution in [0.5, 0.6) is 0 Å². The van der Waals surface area contributed by atoms with Gasteiger partial charge in [-0.05, 0) is 54.5 Å². The Morgan fingerprint density at radius 3 is 2.25 bits per heavy atom. The molecule has 0 nitrogen and oxygen atoms in total. The molecule has 1 aliphatic carbocycles. The minimum absolute atomic E-state index is 0.844. The highest BCUT2D eigenvalue weighted by molar-refractivity contribution is 7.47. The zero-order valence-electron chi connectivity index (χ0n) is 13.3. The van der Waals surface area contributed by atoms with Crippen molar-refractivity contribution >= 4 is 13.9 Å². The summed E-state index contributed by atoms with van der Waals surface area (Å²) in [4.78, 5) is 0. The third kappa shape index (κ3) is 4.88. The summed E-state index contributed by atoms with van der Waals surface area (Å²) in [6.45, 7) is 4.58. The van der Waals surface area contributed by atoms with E-state index in [1.165, 1.54) is 62.8 Å². The number of benzene rings is 1. The van der Waals surface area contributed by atoms with E-state index in [4.69, 9.17) is 0 Å². The van der Waals surface area contributed by atoms with Gasteiger partial charge in [0.05, 0.1) is 0 Å². The van der Waals surface area contributed by atoms with E-state index in [9.17, 15) is 0 Å². The molecule has 1 heteroatoms. The Kier molecular flexibility index (Phi) is 7.08. The molecule has 1 fully saturated rings. The molecule has 1 unspecified atom stereocenters. The van der Waals surface area contributed by atoms with E-state index in [0.717, 1.165) is 20.4 Å². The van der Waals surface area contributed by atoms with Crippen molar-refractivity contribution in [3.8, 4) is 0 Å². The Hall–Kier alpha value is -0.350. The minimum Gasteiger partial charge on any atom is -0.0907 e. The molecule has 20 heavy (non-hydrogen) atoms. The lowest BCUT2D eigenvalue weighted by Gasteiger charge is -2.29. The van der Waals surface area contributed by atoms with Crippen LogP contribution in [0.25, 0.3) is 0 Å². The normalized spacial score (nSPS) is 23.5. The number of hydrogen-bond donors (Lipinski definition) is 0. The van der Waals surface area contributed by atoms with E-state index in [2.05, 4.69) is 38.1 Å². The molecule has 0 radical (unpaired) electrons. The second kappa shape index (κ2) is 8.83. The molecule has 0 saturated heterocycles. The monoisotopic (exact) mass is 290 g/mol. The van der Waals surface area contributed by atoms with E-state index in [-0.39, 0.29) is 0 Å². The average Bonchev–Trinajstić information content (AvgIpc) is 2.49. The minimum atomic E-state index is 0.844. The van der Waals surface area contributed by atoms with E-state index < -0.39 is 0 Å². The van der Waals surface area contributed by atoms with Crippen molar-refractivity contribution in [2.75, 3.05) is 6.16 Å². The lowest BCUT2D eigenvalue weighted by atomic mass is 9.77. The predicted molar refractivity (Wildman–Crippen MR) is 93.8 cm³/mol. The first kappa shape index (κ1) is 16.0. The van der Waals surface area contributed by atoms with Crippen molar-refractivity contribution in [1.29, 1.82) is 0 Å². The Morgan fingerprint density at radius 1 is 0.950 bits per heavy atom. The first-order valence-electron chi connectivity index (χ1n) is 8.67. The highest BCUT2D eigenvalue weighted by atomic mass is 31.1. The standard InChI is InChI=1S/C19H31P/c1-3-5-6-7-16-8-10-17(11-9-16)18-12-14-19(15-13-18)20-4-2/h12-17,20H,3-11H2,1-2H3. The summed E-state index contributed by atoms with van der Waals surface area (Å²) >= 11 is 0. The molecule has 0 aliphatic heterocycles. The summed E-state index contributed by atoms with van der Waals surface area (Å²) in [6, 6.07) is 9.54. The summed E-state index contributed by atoms with van der Waals surface area (Å²) < 4.78 is 0. The smallest absolute Gasteiger partial charge is 0.0162 e. The molecule has 1 atom stereocenters. The van der Waals surface area contributed by atoms with Crippen LogP contribution in [0, 0.1) is 5.92 Å². The van der Waals surface area contributed by atoms with Crippen LogP contribution in [0.2, 0.25) is 0 Å². The summed E-state index contributed by atoms with van der Waals surface area (Å²) in [5.74, 6) is 1.87. The largest absolute Gasteiger partial charge is 0.0907 e. The Balaban J connectivity index is 1.78. The molecule has 1 aromatic rings. The van der Waals surface area contributed by atoms with E-state index >= 15 is 0 Å². The molecular weight excluding hydrogens is 259 g/mol. The van der Waals surface area contributed by atoms with Crippen LogP contribution in [0.15, 0.2) is 24.3 Å². The van der Waals surface area contributed by atoms with Crippen molar-refractivity contribution in [1.82, 2.24) is 0 Å². The maximum atomic E-state index is 2.40. The molecule has 1 saturated carbocycles. The van der Waals surface area contributed by atoms with Crippen molar-refractivity contribution in [3.05, 3.63) is 29.8 Å². The van der Waals surface area contributed by atoms with Crippen LogP contribution in [-0.2, 0) is 0 Å². The molecule has 0 N–H and O–H groups in total. The zero-order chi connectivity index (χ0) is 14.2. The molecule has 1 aliphatic rings. The van der Waals surface area contributed by atoms with Crippen molar-refractivity contribution < 1.29 is 0 Å². The molecule has 0 amide bonds. The molecule has 0 heterocycles. The maximum absolute atomic E-state index is 2.40. The SMILES string of the molecule is CCCCCC1CCC(c2ccc(PCC)cc2)CC1. The number of unbranched alkanes of at least 4 members (excludes halogenated alkanes) is 2. The Morgan fingerprint density at radius 2 is 1.65 bits per heavy atom. The van der Waals surface area contributed by atoms with Gasteiger partial charge in [0.1, 0.15) is 0 Å². The van der Waals surface area contributed by atoms with Gasteiger partial charge < -0.3 is 0 Å². The van der Waals surface area contributed by atoms with Crippen LogP contribution in [0.3, 0.4) is 0 Å². The topological polar surface area (TPSA) is 0 Å². The summed E-state index contributed by atoms with van der Waals surface area (Å²) in [5.41, 5.74) is 1.60. The molecule has 0 spiro atoms. The van der Waals surface area contributed by atoms with Gasteiger partial charge in [-0.3, -0.25) is 0 Å². The maximum Gasteiger partial charge on any atom is -0.0162 e. The average molecular weight is 290 g/mol. The van der Waals surface area contributed by atoms with E-state index in [1.807, 2.05) is 0 Å². The van der Waals surface area contributed by atoms with Gasteiger partial charge in [-0.15, -0.1) is 0 Å². The van der Waals surface area contributed by atoms with Gasteiger partial charge in [0.2, 0.25) is 0 Å². The zero-order valence-corrected chi connectivity index (χ0v) is 14.3. The third-order valence-electron chi connectivity index (χ3n) is 4.83. The number of rotatable bonds is 7. The second-order valence-electron chi connectivity index (χ2n) is 6.37. The fraction of sp³-hybridized carbons (Fsp3) is 0.684. The van der Waals surface area contributed by atoms with Gasteiger partial charge in [-0.25, -0.2) is 0 Å². The molecule has 2 rings (SSSR count). The lowest BCUT2D eigenvalue weighted by Crippen LogP contribution is -2.13. The molecule has 1 aromatic carbocycles. The Bertz CT molecular complexity index is 360. The van der Waals surface area contributed by atoms with Crippen LogP contribution < -0.4 is 5.30 Å². The van der Waals surface area contributed by atoms with Gasteiger partial charge in [-0.2, -0.15) is 0 Å². The quantitative estimate of drug-likeness (QED) is 0.435. The van der Waals surface area contributed by atoms with E-state index in [0.29, 0.717) is 0 Å². The molecular formula is C19H31P. The van der Waals surface area contributed by atoms with Crippen LogP contribution in [0.1, 0.15) is 76.7 Å². The van der Waals surface area contributed by atoms with Crippen LogP contribution in [-0.4, -0.2) is 6.16 Å². The lowest BCUT2D eigenvalue weighted by molar-refractivity contribution is 0.303. The highest BCUT2D eigenvalue weighted by Gasteiger charge is 2.21. The van der Waals surface area contributed by atoms with Gasteiger partial charge in [0, 0.05) is 0 Å². The molecule has 0 aromatic heterocycles. The fourth-order valence-corrected chi connectivity index (χ4v) is 4.36. The van der Waals surface area contributed by atoms with Crippen molar-refractivity contribution in [2.45, 2.75) is 71.1 Å². The predicted octanol–water partition coefficient (Wildman–Crippen LogP) is 5.86. The van der Waals surface area contributed by atoms with Crippen LogP contribution in [0.4, 0.5) is 0 Å². The van der Waals surface area contributed by atoms with Gasteiger partial charge in [-0.1, -0.05) is 72.4 Å². The first-order valence-corrected chi connectivity index (χ1v) is 9.88. The molecule has 112 valence electrons. The summed E-state index contributed by atoms with van der Waals surface area (Å²) in [5, 5.41) is 1.53. The van der Waals surface area contributed by atoms with Gasteiger partial charge >= 0.3 is 0 Å². The van der Waals surface area contributed by atoms with Gasteiger partial charge in [0.15, 0.2) is 0 Å². The number of hydrogen-bond acceptors (Lipinski definition) is 0. The molecule has 0 bridgehead atoms. The fourth-order valence-electron chi connectivity index (χ4n) is 3.54. The second-order valence-corrected chi connectivity index (χ2v) is 8.00. The summed E-state index contributed by atoms with van der Waals surface area (Å²) in [6.07, 6.45) is 12.8. The van der Waals surface area contributed by atoms with Crippen LogP contribution >= 0.6 is 8.58 Å². The van der Waals surface area contributed by atoms with E-state index in [1.54, 1.807) is 5.56 Å².